The lowest BCUT2D eigenvalue weighted by Crippen LogP contribution is -2.47. The summed E-state index contributed by atoms with van der Waals surface area (Å²) in [5, 5.41) is 0. The van der Waals surface area contributed by atoms with Gasteiger partial charge in [-0.25, -0.2) is 9.10 Å². The Balaban J connectivity index is 1.58. The molecular formula is C23H29N3O4S. The van der Waals surface area contributed by atoms with Crippen molar-refractivity contribution in [2.24, 2.45) is 5.92 Å². The minimum Gasteiger partial charge on any atom is -0.444 e. The van der Waals surface area contributed by atoms with Crippen molar-refractivity contribution in [3.05, 3.63) is 54.6 Å². The predicted molar refractivity (Wildman–Crippen MR) is 122 cm³/mol. The molecular weight excluding hydrogens is 414 g/mol. The highest BCUT2D eigenvalue weighted by Crippen LogP contribution is 2.45. The van der Waals surface area contributed by atoms with Gasteiger partial charge in [-0.1, -0.05) is 30.3 Å². The van der Waals surface area contributed by atoms with E-state index in [9.17, 15) is 13.2 Å². The Morgan fingerprint density at radius 2 is 1.68 bits per heavy atom. The molecule has 2 aromatic carbocycles. The molecule has 1 amide bonds. The molecule has 2 aromatic rings. The Labute approximate surface area is 184 Å². The lowest BCUT2D eigenvalue weighted by Gasteiger charge is -2.35. The van der Waals surface area contributed by atoms with Gasteiger partial charge in [-0.05, 0) is 63.8 Å². The van der Waals surface area contributed by atoms with Crippen LogP contribution in [0.3, 0.4) is 0 Å². The van der Waals surface area contributed by atoms with Crippen molar-refractivity contribution in [2.75, 3.05) is 28.2 Å². The zero-order valence-corrected chi connectivity index (χ0v) is 19.0. The summed E-state index contributed by atoms with van der Waals surface area (Å²) in [5.41, 5.74) is 1.36. The average Bonchev–Trinajstić information content (AvgIpc) is 2.94. The normalized spacial score (nSPS) is 20.5. The Morgan fingerprint density at radius 1 is 1.03 bits per heavy atom. The highest BCUT2D eigenvalue weighted by molar-refractivity contribution is 7.95. The van der Waals surface area contributed by atoms with E-state index in [0.29, 0.717) is 36.7 Å². The summed E-state index contributed by atoms with van der Waals surface area (Å²) < 4.78 is 35.5. The Hall–Kier alpha value is -2.74. The fraction of sp³-hybridized carbons (Fsp3) is 0.435. The van der Waals surface area contributed by atoms with E-state index < -0.39 is 15.8 Å². The van der Waals surface area contributed by atoms with Crippen LogP contribution in [0.5, 0.6) is 0 Å². The predicted octanol–water partition coefficient (Wildman–Crippen LogP) is 4.54. The van der Waals surface area contributed by atoms with Crippen molar-refractivity contribution >= 4 is 33.4 Å². The van der Waals surface area contributed by atoms with Gasteiger partial charge in [0.15, 0.2) is 0 Å². The fourth-order valence-electron chi connectivity index (χ4n) is 4.16. The van der Waals surface area contributed by atoms with Gasteiger partial charge >= 0.3 is 16.3 Å². The molecule has 0 N–H and O–H groups in total. The Kier molecular flexibility index (Phi) is 5.60. The summed E-state index contributed by atoms with van der Waals surface area (Å²) in [6, 6.07) is 16.5. The quantitative estimate of drug-likeness (QED) is 0.699. The number of anilines is 3. The topological polar surface area (TPSA) is 70.2 Å². The molecule has 1 fully saturated rings. The van der Waals surface area contributed by atoms with E-state index in [4.69, 9.17) is 4.74 Å². The molecule has 1 atom stereocenters. The van der Waals surface area contributed by atoms with Gasteiger partial charge in [-0.3, -0.25) is 4.31 Å². The van der Waals surface area contributed by atoms with Gasteiger partial charge in [0.05, 0.1) is 17.1 Å². The first-order valence-electron chi connectivity index (χ1n) is 10.6. The molecule has 0 bridgehead atoms. The molecule has 7 nitrogen and oxygen atoms in total. The summed E-state index contributed by atoms with van der Waals surface area (Å²) in [7, 11) is -3.77. The molecule has 2 heterocycles. The monoisotopic (exact) mass is 443 g/mol. The molecule has 2 aliphatic rings. The molecule has 1 saturated heterocycles. The minimum atomic E-state index is -3.77. The van der Waals surface area contributed by atoms with Crippen molar-refractivity contribution in [2.45, 2.75) is 39.2 Å². The molecule has 0 aromatic heterocycles. The zero-order chi connectivity index (χ0) is 22.2. The van der Waals surface area contributed by atoms with Crippen molar-refractivity contribution in [1.82, 2.24) is 4.90 Å². The summed E-state index contributed by atoms with van der Waals surface area (Å²) in [5.74, 6) is 0.0276. The SMILES string of the molecule is CC(C)(C)OC(=O)N1CCC[C@H](CN2c3ccccc3N(c3ccccc3)S2(=O)=O)C1. The smallest absolute Gasteiger partial charge is 0.410 e. The number of amides is 1. The second-order valence-electron chi connectivity index (χ2n) is 9.06. The van der Waals surface area contributed by atoms with E-state index in [1.807, 2.05) is 63.2 Å². The zero-order valence-electron chi connectivity index (χ0n) is 18.2. The lowest BCUT2D eigenvalue weighted by molar-refractivity contribution is 0.0171. The second kappa shape index (κ2) is 8.07. The van der Waals surface area contributed by atoms with E-state index >= 15 is 0 Å². The number of hydrogen-bond donors (Lipinski definition) is 0. The van der Waals surface area contributed by atoms with Gasteiger partial charge in [0.2, 0.25) is 0 Å². The van der Waals surface area contributed by atoms with Gasteiger partial charge in [0, 0.05) is 19.6 Å². The van der Waals surface area contributed by atoms with Gasteiger partial charge in [0.1, 0.15) is 5.60 Å². The number of carbonyl (C=O) groups is 1. The van der Waals surface area contributed by atoms with E-state index in [0.717, 1.165) is 12.8 Å². The van der Waals surface area contributed by atoms with Crippen LogP contribution in [0.2, 0.25) is 0 Å². The highest BCUT2D eigenvalue weighted by atomic mass is 32.2. The van der Waals surface area contributed by atoms with Crippen LogP contribution in [0.4, 0.5) is 21.9 Å². The van der Waals surface area contributed by atoms with Crippen LogP contribution in [-0.4, -0.2) is 44.6 Å². The van der Waals surface area contributed by atoms with Gasteiger partial charge in [-0.15, -0.1) is 0 Å². The molecule has 2 aliphatic heterocycles. The van der Waals surface area contributed by atoms with E-state index in [2.05, 4.69) is 0 Å². The van der Waals surface area contributed by atoms with Gasteiger partial charge < -0.3 is 9.64 Å². The first-order chi connectivity index (χ1) is 14.7. The van der Waals surface area contributed by atoms with Gasteiger partial charge in [-0.2, -0.15) is 8.42 Å². The Bertz CT molecular complexity index is 1050. The summed E-state index contributed by atoms with van der Waals surface area (Å²) >= 11 is 0. The second-order valence-corrected chi connectivity index (χ2v) is 10.8. The molecule has 8 heteroatoms. The number of carbonyl (C=O) groups excluding carboxylic acids is 1. The number of rotatable bonds is 3. The molecule has 0 radical (unpaired) electrons. The first kappa shape index (κ1) is 21.5. The van der Waals surface area contributed by atoms with Crippen molar-refractivity contribution < 1.29 is 17.9 Å². The molecule has 0 aliphatic carbocycles. The number of benzene rings is 2. The van der Waals surface area contributed by atoms with Crippen LogP contribution in [0.1, 0.15) is 33.6 Å². The molecule has 4 rings (SSSR count). The van der Waals surface area contributed by atoms with E-state index in [1.54, 1.807) is 17.0 Å². The van der Waals surface area contributed by atoms with Crippen molar-refractivity contribution in [1.29, 1.82) is 0 Å². The van der Waals surface area contributed by atoms with Crippen molar-refractivity contribution in [3.63, 3.8) is 0 Å². The third-order valence-electron chi connectivity index (χ3n) is 5.46. The lowest BCUT2D eigenvalue weighted by atomic mass is 9.98. The minimum absolute atomic E-state index is 0.0276. The van der Waals surface area contributed by atoms with Crippen LogP contribution in [0.25, 0.3) is 0 Å². The maximum Gasteiger partial charge on any atom is 0.410 e. The number of nitrogens with zero attached hydrogens (tertiary/aromatic N) is 3. The third kappa shape index (κ3) is 4.35. The van der Waals surface area contributed by atoms with E-state index in [1.165, 1.54) is 8.61 Å². The van der Waals surface area contributed by atoms with Crippen molar-refractivity contribution in [3.8, 4) is 0 Å². The van der Waals surface area contributed by atoms with Crippen LogP contribution in [-0.2, 0) is 14.9 Å². The van der Waals surface area contributed by atoms with E-state index in [-0.39, 0.29) is 12.0 Å². The summed E-state index contributed by atoms with van der Waals surface area (Å²) in [6.45, 7) is 6.97. The third-order valence-corrected chi connectivity index (χ3v) is 7.24. The maximum atomic E-state index is 13.6. The van der Waals surface area contributed by atoms with Gasteiger partial charge in [0.25, 0.3) is 0 Å². The number of ether oxygens (including phenoxy) is 1. The molecule has 31 heavy (non-hydrogen) atoms. The highest BCUT2D eigenvalue weighted by Gasteiger charge is 2.42. The number of fused-ring (bicyclic) bond motifs is 1. The number of likely N-dealkylation sites (tertiary alicyclic amines) is 1. The van der Waals surface area contributed by atoms with Crippen LogP contribution in [0, 0.1) is 5.92 Å². The molecule has 0 spiro atoms. The standard InChI is InChI=1S/C23H29N3O4S/c1-23(2,3)30-22(27)24-15-9-10-18(16-24)17-25-20-13-7-8-14-21(20)26(31(25,28)29)19-11-5-4-6-12-19/h4-8,11-14,18H,9-10,15-17H2,1-3H3/t18-/m0/s1. The maximum absolute atomic E-state index is 13.6. The number of para-hydroxylation sites is 3. The summed E-state index contributed by atoms with van der Waals surface area (Å²) in [6.07, 6.45) is 1.34. The molecule has 166 valence electrons. The fourth-order valence-corrected chi connectivity index (χ4v) is 5.95. The van der Waals surface area contributed by atoms with Crippen LogP contribution < -0.4 is 8.61 Å². The van der Waals surface area contributed by atoms with Crippen LogP contribution in [0.15, 0.2) is 54.6 Å². The molecule has 0 saturated carbocycles. The average molecular weight is 444 g/mol. The largest absolute Gasteiger partial charge is 0.444 e. The Morgan fingerprint density at radius 3 is 2.35 bits per heavy atom. The summed E-state index contributed by atoms with van der Waals surface area (Å²) in [4.78, 5) is 14.2. The van der Waals surface area contributed by atoms with Crippen LogP contribution >= 0.6 is 0 Å². The number of piperidine rings is 1. The first-order valence-corrected chi connectivity index (χ1v) is 12.0. The number of hydrogen-bond acceptors (Lipinski definition) is 4. The molecule has 0 unspecified atom stereocenters.